The van der Waals surface area contributed by atoms with Crippen molar-refractivity contribution in [1.29, 1.82) is 0 Å². The molecular formula is C38H44N6. The largest absolute Gasteiger partial charge is 0.279 e. The first kappa shape index (κ1) is 30.9. The fraction of sp³-hybridized carbons (Fsp3) is 0.316. The molecule has 0 aliphatic heterocycles. The van der Waals surface area contributed by atoms with E-state index in [1.807, 2.05) is 24.8 Å². The van der Waals surface area contributed by atoms with Crippen LogP contribution in [0.15, 0.2) is 97.6 Å². The molecule has 5 rings (SSSR count). The Hall–Kier alpha value is -4.58. The summed E-state index contributed by atoms with van der Waals surface area (Å²) in [6.07, 6.45) is 16.3. The maximum atomic E-state index is 4.90. The molecular weight excluding hydrogens is 540 g/mol. The van der Waals surface area contributed by atoms with Crippen LogP contribution < -0.4 is 9.80 Å². The van der Waals surface area contributed by atoms with E-state index < -0.39 is 0 Å². The minimum atomic E-state index is 0.827. The standard InChI is InChI=1S/C38H44N6/c1-5-10-29-16-20-35(39-25-29)43(36-21-17-30(11-6-2)26-40-36)33-14-9-15-34(24-33)44(37-22-18-31(12-7-3)27-41-37)38-23-19-32(13-8-4)28-42-38/h9,14-28H,5-8,10-13H2,1-4H3. The lowest BCUT2D eigenvalue weighted by molar-refractivity contribution is 0.909. The number of aryl methyl sites for hydroxylation is 4. The van der Waals surface area contributed by atoms with Crippen LogP contribution in [-0.4, -0.2) is 19.9 Å². The Morgan fingerprint density at radius 3 is 0.932 bits per heavy atom. The van der Waals surface area contributed by atoms with Crippen LogP contribution in [0, 0.1) is 0 Å². The number of pyridine rings is 4. The van der Waals surface area contributed by atoms with Crippen LogP contribution in [0.5, 0.6) is 0 Å². The van der Waals surface area contributed by atoms with E-state index in [9.17, 15) is 0 Å². The van der Waals surface area contributed by atoms with Crippen molar-refractivity contribution in [2.24, 2.45) is 0 Å². The van der Waals surface area contributed by atoms with Gasteiger partial charge in [0.05, 0.1) is 11.4 Å². The first-order valence-corrected chi connectivity index (χ1v) is 16.1. The summed E-state index contributed by atoms with van der Waals surface area (Å²) in [6, 6.07) is 25.5. The maximum absolute atomic E-state index is 4.90. The zero-order valence-electron chi connectivity index (χ0n) is 26.6. The van der Waals surface area contributed by atoms with E-state index >= 15 is 0 Å². The van der Waals surface area contributed by atoms with Gasteiger partial charge in [0.15, 0.2) is 0 Å². The summed E-state index contributed by atoms with van der Waals surface area (Å²) in [5, 5.41) is 0. The van der Waals surface area contributed by atoms with Crippen LogP contribution in [0.3, 0.4) is 0 Å². The topological polar surface area (TPSA) is 58.0 Å². The third-order valence-electron chi connectivity index (χ3n) is 7.65. The highest BCUT2D eigenvalue weighted by molar-refractivity contribution is 5.79. The van der Waals surface area contributed by atoms with Crippen molar-refractivity contribution in [3.05, 3.63) is 120 Å². The SMILES string of the molecule is CCCc1ccc(N(c2cccc(N(c3ccc(CCC)cn3)c3ccc(CCC)cn3)c2)c2ccc(CCC)cn2)nc1. The van der Waals surface area contributed by atoms with Gasteiger partial charge in [-0.2, -0.15) is 0 Å². The molecule has 0 aliphatic rings. The monoisotopic (exact) mass is 584 g/mol. The lowest BCUT2D eigenvalue weighted by Gasteiger charge is -2.27. The third-order valence-corrected chi connectivity index (χ3v) is 7.65. The normalized spacial score (nSPS) is 11.0. The summed E-state index contributed by atoms with van der Waals surface area (Å²) in [5.41, 5.74) is 6.86. The van der Waals surface area contributed by atoms with Gasteiger partial charge in [0.25, 0.3) is 0 Å². The molecule has 0 N–H and O–H groups in total. The smallest absolute Gasteiger partial charge is 0.138 e. The predicted octanol–water partition coefficient (Wildman–Crippen LogP) is 10.0. The molecule has 0 unspecified atom stereocenters. The molecule has 0 fully saturated rings. The van der Waals surface area contributed by atoms with Gasteiger partial charge in [0, 0.05) is 24.8 Å². The van der Waals surface area contributed by atoms with Crippen molar-refractivity contribution in [1.82, 2.24) is 19.9 Å². The van der Waals surface area contributed by atoms with Crippen LogP contribution in [0.25, 0.3) is 0 Å². The van der Waals surface area contributed by atoms with E-state index in [2.05, 4.69) is 110 Å². The molecule has 0 aliphatic carbocycles. The summed E-state index contributed by atoms with van der Waals surface area (Å²) >= 11 is 0. The predicted molar refractivity (Wildman–Crippen MR) is 183 cm³/mol. The number of rotatable bonds is 14. The van der Waals surface area contributed by atoms with Crippen molar-refractivity contribution >= 4 is 34.6 Å². The maximum Gasteiger partial charge on any atom is 0.138 e. The second-order valence-electron chi connectivity index (χ2n) is 11.3. The molecule has 0 atom stereocenters. The molecule has 226 valence electrons. The van der Waals surface area contributed by atoms with Crippen LogP contribution in [-0.2, 0) is 25.7 Å². The van der Waals surface area contributed by atoms with Crippen molar-refractivity contribution < 1.29 is 0 Å². The van der Waals surface area contributed by atoms with Gasteiger partial charge in [-0.3, -0.25) is 9.80 Å². The van der Waals surface area contributed by atoms with Gasteiger partial charge >= 0.3 is 0 Å². The van der Waals surface area contributed by atoms with Crippen LogP contribution >= 0.6 is 0 Å². The number of benzene rings is 1. The number of hydrogen-bond donors (Lipinski definition) is 0. The van der Waals surface area contributed by atoms with E-state index in [1.165, 1.54) is 22.3 Å². The molecule has 6 nitrogen and oxygen atoms in total. The second kappa shape index (κ2) is 15.2. The third kappa shape index (κ3) is 7.49. The van der Waals surface area contributed by atoms with Crippen molar-refractivity contribution in [3.8, 4) is 0 Å². The molecule has 5 aromatic rings. The van der Waals surface area contributed by atoms with Crippen molar-refractivity contribution in [2.75, 3.05) is 9.80 Å². The molecule has 0 saturated carbocycles. The van der Waals surface area contributed by atoms with Gasteiger partial charge in [-0.05, 0) is 90.4 Å². The van der Waals surface area contributed by atoms with Gasteiger partial charge in [0.2, 0.25) is 0 Å². The molecule has 1 aromatic carbocycles. The minimum absolute atomic E-state index is 0.827. The number of hydrogen-bond acceptors (Lipinski definition) is 6. The Morgan fingerprint density at radius 2 is 0.705 bits per heavy atom. The highest BCUT2D eigenvalue weighted by Gasteiger charge is 2.20. The Balaban J connectivity index is 1.60. The number of anilines is 6. The Kier molecular flexibility index (Phi) is 10.7. The zero-order chi connectivity index (χ0) is 30.7. The summed E-state index contributed by atoms with van der Waals surface area (Å²) in [5.74, 6) is 3.31. The quantitative estimate of drug-likeness (QED) is 0.129. The van der Waals surface area contributed by atoms with Crippen LogP contribution in [0.2, 0.25) is 0 Å². The second-order valence-corrected chi connectivity index (χ2v) is 11.3. The van der Waals surface area contributed by atoms with Gasteiger partial charge in [0.1, 0.15) is 23.3 Å². The molecule has 4 heterocycles. The van der Waals surface area contributed by atoms with Crippen LogP contribution in [0.1, 0.15) is 75.6 Å². The average molecular weight is 585 g/mol. The molecule has 0 radical (unpaired) electrons. The van der Waals surface area contributed by atoms with E-state index in [0.29, 0.717) is 0 Å². The van der Waals surface area contributed by atoms with Crippen molar-refractivity contribution in [3.63, 3.8) is 0 Å². The van der Waals surface area contributed by atoms with E-state index in [-0.39, 0.29) is 0 Å². The van der Waals surface area contributed by atoms with E-state index in [1.54, 1.807) is 0 Å². The van der Waals surface area contributed by atoms with Gasteiger partial charge in [-0.15, -0.1) is 0 Å². The highest BCUT2D eigenvalue weighted by atomic mass is 15.3. The van der Waals surface area contributed by atoms with Gasteiger partial charge in [-0.1, -0.05) is 83.7 Å². The molecule has 4 aromatic heterocycles. The Morgan fingerprint density at radius 1 is 0.409 bits per heavy atom. The molecule has 0 spiro atoms. The van der Waals surface area contributed by atoms with Crippen LogP contribution in [0.4, 0.5) is 34.6 Å². The molecule has 0 amide bonds. The van der Waals surface area contributed by atoms with E-state index in [0.717, 1.165) is 86.0 Å². The Labute approximate surface area is 262 Å². The fourth-order valence-corrected chi connectivity index (χ4v) is 5.48. The summed E-state index contributed by atoms with van der Waals surface area (Å²) in [6.45, 7) is 8.77. The van der Waals surface area contributed by atoms with Gasteiger partial charge < -0.3 is 0 Å². The highest BCUT2D eigenvalue weighted by Crippen LogP contribution is 2.38. The van der Waals surface area contributed by atoms with E-state index in [4.69, 9.17) is 19.9 Å². The van der Waals surface area contributed by atoms with Gasteiger partial charge in [-0.25, -0.2) is 19.9 Å². The van der Waals surface area contributed by atoms with Crippen molar-refractivity contribution in [2.45, 2.75) is 79.1 Å². The molecule has 6 heteroatoms. The number of aromatic nitrogens is 4. The first-order valence-electron chi connectivity index (χ1n) is 16.1. The lowest BCUT2D eigenvalue weighted by Crippen LogP contribution is -2.16. The summed E-state index contributed by atoms with van der Waals surface area (Å²) in [7, 11) is 0. The Bertz CT molecular complexity index is 1360. The average Bonchev–Trinajstić information content (AvgIpc) is 3.05. The molecule has 44 heavy (non-hydrogen) atoms. The molecule has 0 saturated heterocycles. The summed E-state index contributed by atoms with van der Waals surface area (Å²) < 4.78 is 0. The summed E-state index contributed by atoms with van der Waals surface area (Å²) in [4.78, 5) is 23.9. The minimum Gasteiger partial charge on any atom is -0.279 e. The molecule has 0 bridgehead atoms. The zero-order valence-corrected chi connectivity index (χ0v) is 26.6. The fourth-order valence-electron chi connectivity index (χ4n) is 5.48. The number of nitrogens with zero attached hydrogens (tertiary/aromatic N) is 6. The first-order chi connectivity index (χ1) is 21.6. The lowest BCUT2D eigenvalue weighted by atomic mass is 10.1.